The Balaban J connectivity index is 2.03. The minimum atomic E-state index is -1.05. The Labute approximate surface area is 74.2 Å². The van der Waals surface area contributed by atoms with Crippen molar-refractivity contribution in [2.45, 2.75) is 18.4 Å². The van der Waals surface area contributed by atoms with Crippen molar-refractivity contribution in [2.75, 3.05) is 13.2 Å². The molecule has 13 heavy (non-hydrogen) atoms. The highest BCUT2D eigenvalue weighted by Gasteiger charge is 2.49. The van der Waals surface area contributed by atoms with Gasteiger partial charge in [-0.05, 0) is 0 Å². The highest BCUT2D eigenvalue weighted by molar-refractivity contribution is 4.92. The highest BCUT2D eigenvalue weighted by atomic mass is 16.9. The second-order valence-corrected chi connectivity index (χ2v) is 2.69. The van der Waals surface area contributed by atoms with E-state index in [4.69, 9.17) is 29.5 Å². The molecule has 2 saturated heterocycles. The second kappa shape index (κ2) is 2.95. The van der Waals surface area contributed by atoms with E-state index in [9.17, 15) is 0 Å². The first-order valence-corrected chi connectivity index (χ1v) is 3.66. The van der Waals surface area contributed by atoms with Gasteiger partial charge in [-0.3, -0.25) is 0 Å². The lowest BCUT2D eigenvalue weighted by atomic mass is 10.3. The summed E-state index contributed by atoms with van der Waals surface area (Å²) in [6.45, 7) is 0.229. The van der Waals surface area contributed by atoms with E-state index in [0.29, 0.717) is 0 Å². The third kappa shape index (κ3) is 1.37. The van der Waals surface area contributed by atoms with E-state index in [1.807, 2.05) is 0 Å². The van der Waals surface area contributed by atoms with E-state index in [1.54, 1.807) is 12.1 Å². The molecule has 0 bridgehead atoms. The topological polar surface area (TPSA) is 84.5 Å². The summed E-state index contributed by atoms with van der Waals surface area (Å²) >= 11 is 0. The molecular formula is C7H6N2O4. The SMILES string of the molecule is N#CC1OCC2(COC(C#N)O2)O1. The maximum Gasteiger partial charge on any atom is 0.251 e. The van der Waals surface area contributed by atoms with Gasteiger partial charge in [0.2, 0.25) is 5.79 Å². The lowest BCUT2D eigenvalue weighted by Gasteiger charge is -2.16. The summed E-state index contributed by atoms with van der Waals surface area (Å²) < 4.78 is 20.1. The van der Waals surface area contributed by atoms with E-state index in [2.05, 4.69) is 0 Å². The Morgan fingerprint density at radius 1 is 1.00 bits per heavy atom. The van der Waals surface area contributed by atoms with Gasteiger partial charge in [0.05, 0.1) is 0 Å². The molecule has 0 aromatic heterocycles. The molecule has 0 aliphatic carbocycles. The molecule has 6 nitrogen and oxygen atoms in total. The van der Waals surface area contributed by atoms with Crippen LogP contribution in [0.1, 0.15) is 0 Å². The standard InChI is InChI=1S/C7H6N2O4/c8-1-5-10-3-7(12-5)4-11-6(2-9)13-7/h5-6H,3-4H2. The van der Waals surface area contributed by atoms with Crippen LogP contribution < -0.4 is 0 Å². The third-order valence-electron chi connectivity index (χ3n) is 1.76. The van der Waals surface area contributed by atoms with Gasteiger partial charge in [0.25, 0.3) is 12.6 Å². The lowest BCUT2D eigenvalue weighted by molar-refractivity contribution is -0.191. The molecule has 0 aromatic rings. The van der Waals surface area contributed by atoms with Gasteiger partial charge in [0.1, 0.15) is 25.4 Å². The molecule has 2 aliphatic heterocycles. The largest absolute Gasteiger partial charge is 0.335 e. The number of hydrogen-bond donors (Lipinski definition) is 0. The molecule has 0 N–H and O–H groups in total. The van der Waals surface area contributed by atoms with Gasteiger partial charge in [-0.2, -0.15) is 10.5 Å². The van der Waals surface area contributed by atoms with Crippen molar-refractivity contribution in [1.82, 2.24) is 0 Å². The van der Waals surface area contributed by atoms with Crippen LogP contribution in [0, 0.1) is 22.7 Å². The summed E-state index contributed by atoms with van der Waals surface area (Å²) in [7, 11) is 0. The maximum atomic E-state index is 8.47. The van der Waals surface area contributed by atoms with Crippen molar-refractivity contribution in [1.29, 1.82) is 10.5 Å². The third-order valence-corrected chi connectivity index (χ3v) is 1.76. The van der Waals surface area contributed by atoms with Crippen LogP contribution in [0.2, 0.25) is 0 Å². The van der Waals surface area contributed by atoms with Gasteiger partial charge in [-0.1, -0.05) is 0 Å². The van der Waals surface area contributed by atoms with Gasteiger partial charge in [-0.15, -0.1) is 0 Å². The van der Waals surface area contributed by atoms with Gasteiger partial charge in [-0.25, -0.2) is 0 Å². The Bertz CT molecular complexity index is 262. The predicted octanol–water partition coefficient (Wildman–Crippen LogP) is -0.524. The quantitative estimate of drug-likeness (QED) is 0.501. The van der Waals surface area contributed by atoms with Crippen molar-refractivity contribution in [3.63, 3.8) is 0 Å². The summed E-state index contributed by atoms with van der Waals surface area (Å²) in [6, 6.07) is 3.57. The normalized spacial score (nSPS) is 43.2. The van der Waals surface area contributed by atoms with Gasteiger partial charge in [0, 0.05) is 0 Å². The predicted molar refractivity (Wildman–Crippen MR) is 35.6 cm³/mol. The van der Waals surface area contributed by atoms with Gasteiger partial charge in [0.15, 0.2) is 0 Å². The van der Waals surface area contributed by atoms with Crippen molar-refractivity contribution < 1.29 is 18.9 Å². The number of rotatable bonds is 0. The Kier molecular flexibility index (Phi) is 1.91. The average molecular weight is 182 g/mol. The zero-order chi connectivity index (χ0) is 9.31. The fourth-order valence-corrected chi connectivity index (χ4v) is 1.20. The Morgan fingerprint density at radius 2 is 1.46 bits per heavy atom. The molecule has 0 radical (unpaired) electrons. The maximum absolute atomic E-state index is 8.47. The van der Waals surface area contributed by atoms with Crippen LogP contribution in [0.4, 0.5) is 0 Å². The summed E-state index contributed by atoms with van der Waals surface area (Å²) in [6.07, 6.45) is -1.86. The van der Waals surface area contributed by atoms with E-state index in [-0.39, 0.29) is 13.2 Å². The molecule has 1 spiro atoms. The lowest BCUT2D eigenvalue weighted by Crippen LogP contribution is -2.35. The molecule has 2 heterocycles. The van der Waals surface area contributed by atoms with Crippen LogP contribution in [-0.4, -0.2) is 31.6 Å². The molecule has 2 fully saturated rings. The van der Waals surface area contributed by atoms with E-state index < -0.39 is 18.4 Å². The number of nitrogens with zero attached hydrogens (tertiary/aromatic N) is 2. The monoisotopic (exact) mass is 182 g/mol. The van der Waals surface area contributed by atoms with Crippen LogP contribution in [0.25, 0.3) is 0 Å². The van der Waals surface area contributed by atoms with E-state index in [0.717, 1.165) is 0 Å². The average Bonchev–Trinajstić information content (AvgIpc) is 2.74. The summed E-state index contributed by atoms with van der Waals surface area (Å²) in [5.74, 6) is -1.05. The number of hydrogen-bond acceptors (Lipinski definition) is 6. The van der Waals surface area contributed by atoms with E-state index in [1.165, 1.54) is 0 Å². The molecule has 0 aromatic carbocycles. The molecular weight excluding hydrogens is 176 g/mol. The first-order valence-electron chi connectivity index (χ1n) is 3.66. The number of ether oxygens (including phenoxy) is 4. The smallest absolute Gasteiger partial charge is 0.251 e. The van der Waals surface area contributed by atoms with Crippen molar-refractivity contribution in [3.05, 3.63) is 0 Å². The van der Waals surface area contributed by atoms with Crippen LogP contribution in [0.15, 0.2) is 0 Å². The minimum Gasteiger partial charge on any atom is -0.335 e. The van der Waals surface area contributed by atoms with Gasteiger partial charge < -0.3 is 18.9 Å². The molecule has 2 atom stereocenters. The Morgan fingerprint density at radius 3 is 1.77 bits per heavy atom. The van der Waals surface area contributed by atoms with Crippen LogP contribution >= 0.6 is 0 Å². The van der Waals surface area contributed by atoms with Gasteiger partial charge >= 0.3 is 0 Å². The zero-order valence-electron chi connectivity index (χ0n) is 6.60. The summed E-state index contributed by atoms with van der Waals surface area (Å²) in [5, 5.41) is 16.9. The molecule has 2 rings (SSSR count). The second-order valence-electron chi connectivity index (χ2n) is 2.69. The molecule has 0 saturated carbocycles. The van der Waals surface area contributed by atoms with Crippen LogP contribution in [0.3, 0.4) is 0 Å². The molecule has 6 heteroatoms. The number of nitriles is 2. The minimum absolute atomic E-state index is 0.114. The van der Waals surface area contributed by atoms with Crippen LogP contribution in [0.5, 0.6) is 0 Å². The molecule has 2 unspecified atom stereocenters. The molecule has 68 valence electrons. The zero-order valence-corrected chi connectivity index (χ0v) is 6.60. The van der Waals surface area contributed by atoms with Crippen molar-refractivity contribution in [2.24, 2.45) is 0 Å². The van der Waals surface area contributed by atoms with E-state index >= 15 is 0 Å². The summed E-state index contributed by atoms with van der Waals surface area (Å²) in [5.41, 5.74) is 0. The summed E-state index contributed by atoms with van der Waals surface area (Å²) in [4.78, 5) is 0. The fourth-order valence-electron chi connectivity index (χ4n) is 1.20. The molecule has 0 amide bonds. The van der Waals surface area contributed by atoms with Crippen molar-refractivity contribution >= 4 is 0 Å². The fraction of sp³-hybridized carbons (Fsp3) is 0.714. The van der Waals surface area contributed by atoms with Crippen LogP contribution in [-0.2, 0) is 18.9 Å². The Hall–Kier alpha value is -1.18. The first-order chi connectivity index (χ1) is 6.28. The van der Waals surface area contributed by atoms with Crippen molar-refractivity contribution in [3.8, 4) is 12.1 Å². The molecule has 2 aliphatic rings. The first kappa shape index (κ1) is 8.42. The highest BCUT2D eigenvalue weighted by Crippen LogP contribution is 2.31.